The SMILES string of the molecule is CC(C)(C#N)CCCN1CCN(c2cccc(Cl)c2)CC1. The van der Waals surface area contributed by atoms with E-state index in [0.717, 1.165) is 50.6 Å². The van der Waals surface area contributed by atoms with Crippen molar-refractivity contribution in [2.75, 3.05) is 37.6 Å². The Labute approximate surface area is 133 Å². The highest BCUT2D eigenvalue weighted by Gasteiger charge is 2.19. The van der Waals surface area contributed by atoms with Crippen molar-refractivity contribution in [1.29, 1.82) is 5.26 Å². The van der Waals surface area contributed by atoms with E-state index in [9.17, 15) is 0 Å². The first-order chi connectivity index (χ1) is 10.00. The number of nitriles is 1. The zero-order chi connectivity index (χ0) is 15.3. The van der Waals surface area contributed by atoms with Gasteiger partial charge in [0, 0.05) is 36.9 Å². The first-order valence-electron chi connectivity index (χ1n) is 7.64. The van der Waals surface area contributed by atoms with Gasteiger partial charge in [0.05, 0.1) is 11.5 Å². The molecule has 2 rings (SSSR count). The van der Waals surface area contributed by atoms with Crippen molar-refractivity contribution >= 4 is 17.3 Å². The Hall–Kier alpha value is -1.24. The van der Waals surface area contributed by atoms with Crippen LogP contribution in [0, 0.1) is 16.7 Å². The molecule has 1 saturated heterocycles. The summed E-state index contributed by atoms with van der Waals surface area (Å²) in [6, 6.07) is 10.5. The van der Waals surface area contributed by atoms with Crippen LogP contribution < -0.4 is 4.90 Å². The van der Waals surface area contributed by atoms with Crippen LogP contribution in [0.1, 0.15) is 26.7 Å². The molecule has 21 heavy (non-hydrogen) atoms. The van der Waals surface area contributed by atoms with Crippen LogP contribution >= 0.6 is 11.6 Å². The number of rotatable bonds is 5. The number of hydrogen-bond donors (Lipinski definition) is 0. The molecule has 0 N–H and O–H groups in total. The van der Waals surface area contributed by atoms with Crippen LogP contribution in [0.4, 0.5) is 5.69 Å². The third-order valence-corrected chi connectivity index (χ3v) is 4.36. The lowest BCUT2D eigenvalue weighted by molar-refractivity contribution is 0.242. The molecular weight excluding hydrogens is 282 g/mol. The Bertz CT molecular complexity index is 499. The minimum absolute atomic E-state index is 0.192. The van der Waals surface area contributed by atoms with Gasteiger partial charge < -0.3 is 4.90 Å². The van der Waals surface area contributed by atoms with Crippen LogP contribution in [0.5, 0.6) is 0 Å². The van der Waals surface area contributed by atoms with Crippen molar-refractivity contribution in [3.63, 3.8) is 0 Å². The van der Waals surface area contributed by atoms with E-state index in [-0.39, 0.29) is 5.41 Å². The second-order valence-corrected chi connectivity index (χ2v) is 6.84. The molecular formula is C17H24ClN3. The van der Waals surface area contributed by atoms with E-state index in [2.05, 4.69) is 21.9 Å². The summed E-state index contributed by atoms with van der Waals surface area (Å²) in [6.45, 7) is 9.38. The summed E-state index contributed by atoms with van der Waals surface area (Å²) in [4.78, 5) is 4.89. The van der Waals surface area contributed by atoms with Gasteiger partial charge in [0.15, 0.2) is 0 Å². The maximum Gasteiger partial charge on any atom is 0.0683 e. The van der Waals surface area contributed by atoms with Crippen molar-refractivity contribution in [2.24, 2.45) is 5.41 Å². The Kier molecular flexibility index (Phi) is 5.50. The highest BCUT2D eigenvalue weighted by Crippen LogP contribution is 2.22. The van der Waals surface area contributed by atoms with Gasteiger partial charge in [-0.25, -0.2) is 0 Å². The van der Waals surface area contributed by atoms with Gasteiger partial charge in [0.25, 0.3) is 0 Å². The molecule has 114 valence electrons. The highest BCUT2D eigenvalue weighted by atomic mass is 35.5. The topological polar surface area (TPSA) is 30.3 Å². The van der Waals surface area contributed by atoms with Gasteiger partial charge in [-0.1, -0.05) is 17.7 Å². The number of piperazine rings is 1. The standard InChI is InChI=1S/C17H24ClN3/c1-17(2,14-19)7-4-8-20-9-11-21(12-10-20)16-6-3-5-15(18)13-16/h3,5-6,13H,4,7-12H2,1-2H3. The first kappa shape index (κ1) is 16.1. The van der Waals surface area contributed by atoms with Gasteiger partial charge >= 0.3 is 0 Å². The molecule has 0 atom stereocenters. The third kappa shape index (κ3) is 4.91. The Morgan fingerprint density at radius 2 is 1.95 bits per heavy atom. The molecule has 1 fully saturated rings. The van der Waals surface area contributed by atoms with Crippen LogP contribution in [0.2, 0.25) is 5.02 Å². The van der Waals surface area contributed by atoms with E-state index in [1.54, 1.807) is 0 Å². The summed E-state index contributed by atoms with van der Waals surface area (Å²) >= 11 is 6.05. The van der Waals surface area contributed by atoms with Crippen molar-refractivity contribution in [2.45, 2.75) is 26.7 Å². The van der Waals surface area contributed by atoms with E-state index >= 15 is 0 Å². The average molecular weight is 306 g/mol. The van der Waals surface area contributed by atoms with E-state index in [4.69, 9.17) is 16.9 Å². The smallest absolute Gasteiger partial charge is 0.0683 e. The van der Waals surface area contributed by atoms with Gasteiger partial charge in [0.2, 0.25) is 0 Å². The van der Waals surface area contributed by atoms with Crippen LogP contribution in [-0.2, 0) is 0 Å². The molecule has 0 amide bonds. The van der Waals surface area contributed by atoms with E-state index in [0.29, 0.717) is 0 Å². The fourth-order valence-electron chi connectivity index (χ4n) is 2.70. The van der Waals surface area contributed by atoms with Gasteiger partial charge in [-0.05, 0) is 51.4 Å². The zero-order valence-electron chi connectivity index (χ0n) is 13.0. The molecule has 0 bridgehead atoms. The minimum atomic E-state index is -0.192. The van der Waals surface area contributed by atoms with Crippen LogP contribution in [0.3, 0.4) is 0 Å². The molecule has 1 aromatic carbocycles. The summed E-state index contributed by atoms with van der Waals surface area (Å²) in [5, 5.41) is 9.83. The molecule has 0 unspecified atom stereocenters. The maximum absolute atomic E-state index is 9.03. The number of halogens is 1. The van der Waals surface area contributed by atoms with E-state index < -0.39 is 0 Å². The van der Waals surface area contributed by atoms with Crippen molar-refractivity contribution < 1.29 is 0 Å². The molecule has 0 spiro atoms. The lowest BCUT2D eigenvalue weighted by Gasteiger charge is -2.36. The fourth-order valence-corrected chi connectivity index (χ4v) is 2.89. The summed E-state index contributed by atoms with van der Waals surface area (Å²) < 4.78 is 0. The quantitative estimate of drug-likeness (QED) is 0.829. The second-order valence-electron chi connectivity index (χ2n) is 6.41. The van der Waals surface area contributed by atoms with Crippen LogP contribution in [-0.4, -0.2) is 37.6 Å². The maximum atomic E-state index is 9.03. The first-order valence-corrected chi connectivity index (χ1v) is 8.02. The van der Waals surface area contributed by atoms with Crippen molar-refractivity contribution in [3.05, 3.63) is 29.3 Å². The molecule has 1 aliphatic heterocycles. The van der Waals surface area contributed by atoms with Crippen molar-refractivity contribution in [1.82, 2.24) is 4.90 Å². The monoisotopic (exact) mass is 305 g/mol. The lowest BCUT2D eigenvalue weighted by atomic mass is 9.90. The number of benzene rings is 1. The fraction of sp³-hybridized carbons (Fsp3) is 0.588. The molecule has 0 aromatic heterocycles. The largest absolute Gasteiger partial charge is 0.369 e. The zero-order valence-corrected chi connectivity index (χ0v) is 13.7. The Morgan fingerprint density at radius 1 is 1.24 bits per heavy atom. The predicted molar refractivity (Wildman–Crippen MR) is 88.7 cm³/mol. The lowest BCUT2D eigenvalue weighted by Crippen LogP contribution is -2.46. The van der Waals surface area contributed by atoms with Crippen molar-refractivity contribution in [3.8, 4) is 6.07 Å². The Morgan fingerprint density at radius 3 is 2.57 bits per heavy atom. The minimum Gasteiger partial charge on any atom is -0.369 e. The summed E-state index contributed by atoms with van der Waals surface area (Å²) in [6.07, 6.45) is 2.07. The number of anilines is 1. The predicted octanol–water partition coefficient (Wildman–Crippen LogP) is 3.79. The molecule has 0 saturated carbocycles. The van der Waals surface area contributed by atoms with Gasteiger partial charge in [-0.15, -0.1) is 0 Å². The van der Waals surface area contributed by atoms with Gasteiger partial charge in [-0.2, -0.15) is 5.26 Å². The van der Waals surface area contributed by atoms with Crippen LogP contribution in [0.15, 0.2) is 24.3 Å². The van der Waals surface area contributed by atoms with Gasteiger partial charge in [0.1, 0.15) is 0 Å². The number of nitrogens with zero attached hydrogens (tertiary/aromatic N) is 3. The van der Waals surface area contributed by atoms with E-state index in [1.807, 2.05) is 32.0 Å². The molecule has 1 aromatic rings. The van der Waals surface area contributed by atoms with E-state index in [1.165, 1.54) is 5.69 Å². The average Bonchev–Trinajstić information content (AvgIpc) is 2.48. The number of hydrogen-bond acceptors (Lipinski definition) is 3. The highest BCUT2D eigenvalue weighted by molar-refractivity contribution is 6.30. The summed E-state index contributed by atoms with van der Waals surface area (Å²) in [5.74, 6) is 0. The summed E-state index contributed by atoms with van der Waals surface area (Å²) in [5.41, 5.74) is 1.02. The molecule has 0 aliphatic carbocycles. The Balaban J connectivity index is 1.75. The molecule has 1 aliphatic rings. The molecule has 0 radical (unpaired) electrons. The molecule has 4 heteroatoms. The second kappa shape index (κ2) is 7.15. The van der Waals surface area contributed by atoms with Gasteiger partial charge in [-0.3, -0.25) is 4.90 Å². The normalized spacial score (nSPS) is 16.8. The third-order valence-electron chi connectivity index (χ3n) is 4.12. The molecule has 1 heterocycles. The van der Waals surface area contributed by atoms with Crippen LogP contribution in [0.25, 0.3) is 0 Å². The molecule has 3 nitrogen and oxygen atoms in total. The summed E-state index contributed by atoms with van der Waals surface area (Å²) in [7, 11) is 0.